The molecule has 0 fully saturated rings. The molecular weight excluding hydrogens is 374 g/mol. The van der Waals surface area contributed by atoms with Gasteiger partial charge in [-0.25, -0.2) is 13.8 Å². The fourth-order valence-electron chi connectivity index (χ4n) is 2.60. The predicted octanol–water partition coefficient (Wildman–Crippen LogP) is 4.78. The summed E-state index contributed by atoms with van der Waals surface area (Å²) in [5, 5.41) is 10.9. The van der Waals surface area contributed by atoms with Crippen molar-refractivity contribution < 1.29 is 8.78 Å². The fourth-order valence-corrected chi connectivity index (χ4v) is 2.78. The van der Waals surface area contributed by atoms with Crippen molar-refractivity contribution in [1.29, 1.82) is 0 Å². The van der Waals surface area contributed by atoms with Crippen LogP contribution in [-0.4, -0.2) is 19.7 Å². The molecule has 6 nitrogen and oxygen atoms in total. The molecule has 27 heavy (non-hydrogen) atoms. The molecule has 0 amide bonds. The van der Waals surface area contributed by atoms with E-state index in [2.05, 4.69) is 25.7 Å². The van der Waals surface area contributed by atoms with Gasteiger partial charge in [0.2, 0.25) is 5.95 Å². The van der Waals surface area contributed by atoms with E-state index in [4.69, 9.17) is 11.6 Å². The van der Waals surface area contributed by atoms with Crippen molar-refractivity contribution in [3.05, 3.63) is 65.4 Å². The number of benzene rings is 2. The molecule has 2 aromatic heterocycles. The number of hydrogen-bond donors (Lipinski definition) is 2. The van der Waals surface area contributed by atoms with Crippen LogP contribution in [0.3, 0.4) is 0 Å². The van der Waals surface area contributed by atoms with Crippen LogP contribution < -0.4 is 10.6 Å². The smallest absolute Gasteiger partial charge is 0.229 e. The molecule has 136 valence electrons. The lowest BCUT2D eigenvalue weighted by atomic mass is 10.2. The average molecular weight is 387 g/mol. The van der Waals surface area contributed by atoms with Crippen LogP contribution in [0, 0.1) is 11.6 Å². The zero-order chi connectivity index (χ0) is 19.0. The maximum atomic E-state index is 14.1. The molecule has 2 heterocycles. The van der Waals surface area contributed by atoms with Crippen molar-refractivity contribution in [1.82, 2.24) is 19.7 Å². The monoisotopic (exact) mass is 386 g/mol. The minimum Gasteiger partial charge on any atom is -0.338 e. The normalized spacial score (nSPS) is 11.0. The summed E-state index contributed by atoms with van der Waals surface area (Å²) in [6.45, 7) is 0. The highest BCUT2D eigenvalue weighted by molar-refractivity contribution is 6.31. The largest absolute Gasteiger partial charge is 0.338 e. The fraction of sp³-hybridized carbons (Fsp3) is 0.0556. The molecule has 2 N–H and O–H groups in total. The Morgan fingerprint density at radius 3 is 2.56 bits per heavy atom. The number of rotatable bonds is 4. The molecule has 0 spiro atoms. The van der Waals surface area contributed by atoms with Crippen LogP contribution >= 0.6 is 11.6 Å². The molecule has 0 saturated carbocycles. The molecule has 0 aliphatic heterocycles. The van der Waals surface area contributed by atoms with Gasteiger partial charge in [0.05, 0.1) is 22.9 Å². The van der Waals surface area contributed by atoms with Gasteiger partial charge in [-0.05, 0) is 36.4 Å². The van der Waals surface area contributed by atoms with Gasteiger partial charge >= 0.3 is 0 Å². The van der Waals surface area contributed by atoms with Gasteiger partial charge < -0.3 is 10.6 Å². The average Bonchev–Trinajstić information content (AvgIpc) is 3.01. The van der Waals surface area contributed by atoms with Crippen LogP contribution in [0.25, 0.3) is 10.9 Å². The van der Waals surface area contributed by atoms with E-state index in [-0.39, 0.29) is 16.8 Å². The third kappa shape index (κ3) is 3.52. The zero-order valence-electron chi connectivity index (χ0n) is 14.0. The highest BCUT2D eigenvalue weighted by atomic mass is 35.5. The minimum absolute atomic E-state index is 0.0577. The lowest BCUT2D eigenvalue weighted by Crippen LogP contribution is -2.03. The van der Waals surface area contributed by atoms with E-state index >= 15 is 0 Å². The number of nitrogens with one attached hydrogen (secondary N) is 2. The summed E-state index contributed by atoms with van der Waals surface area (Å²) in [7, 11) is 1.86. The third-order valence-corrected chi connectivity index (χ3v) is 4.22. The number of fused-ring (bicyclic) bond motifs is 1. The Bertz CT molecular complexity index is 1140. The van der Waals surface area contributed by atoms with Gasteiger partial charge in [-0.1, -0.05) is 11.6 Å². The highest BCUT2D eigenvalue weighted by Gasteiger charge is 2.10. The van der Waals surface area contributed by atoms with Crippen molar-refractivity contribution >= 4 is 45.6 Å². The number of aryl methyl sites for hydroxylation is 1. The molecule has 0 radical (unpaired) electrons. The molecule has 0 bridgehead atoms. The highest BCUT2D eigenvalue weighted by Crippen LogP contribution is 2.25. The molecule has 2 aromatic carbocycles. The number of nitrogens with zero attached hydrogens (tertiary/aromatic N) is 4. The molecule has 0 unspecified atom stereocenters. The summed E-state index contributed by atoms with van der Waals surface area (Å²) >= 11 is 5.75. The summed E-state index contributed by atoms with van der Waals surface area (Å²) < 4.78 is 29.1. The maximum absolute atomic E-state index is 14.1. The molecule has 0 aliphatic carbocycles. The quantitative estimate of drug-likeness (QED) is 0.528. The van der Waals surface area contributed by atoms with Crippen LogP contribution in [0.2, 0.25) is 5.02 Å². The summed E-state index contributed by atoms with van der Waals surface area (Å²) in [6.07, 6.45) is 2.79. The summed E-state index contributed by atoms with van der Waals surface area (Å²) in [6, 6.07) is 9.62. The first-order valence-corrected chi connectivity index (χ1v) is 8.31. The summed E-state index contributed by atoms with van der Waals surface area (Å²) in [5.41, 5.74) is 2.12. The van der Waals surface area contributed by atoms with Crippen LogP contribution in [0.15, 0.2) is 48.8 Å². The van der Waals surface area contributed by atoms with Crippen molar-refractivity contribution in [2.24, 2.45) is 7.05 Å². The first kappa shape index (κ1) is 17.2. The van der Waals surface area contributed by atoms with Gasteiger partial charge in [0.15, 0.2) is 11.6 Å². The number of hydrogen-bond acceptors (Lipinski definition) is 5. The first-order valence-electron chi connectivity index (χ1n) is 7.93. The van der Waals surface area contributed by atoms with Gasteiger partial charge in [-0.15, -0.1) is 0 Å². The third-order valence-electron chi connectivity index (χ3n) is 3.93. The number of aromatic nitrogens is 4. The lowest BCUT2D eigenvalue weighted by Gasteiger charge is -2.10. The SMILES string of the molecule is Cn1ncc2cc(Nc3ncc(F)c(Nc4ccc(F)c(Cl)c4)n3)ccc21. The van der Waals surface area contributed by atoms with Crippen molar-refractivity contribution in [2.75, 3.05) is 10.6 Å². The Balaban J connectivity index is 1.59. The molecule has 0 saturated heterocycles. The van der Waals surface area contributed by atoms with Crippen LogP contribution in [0.4, 0.5) is 31.9 Å². The van der Waals surface area contributed by atoms with Gasteiger partial charge in [-0.3, -0.25) is 4.68 Å². The van der Waals surface area contributed by atoms with E-state index in [1.54, 1.807) is 10.9 Å². The lowest BCUT2D eigenvalue weighted by molar-refractivity contribution is 0.619. The Morgan fingerprint density at radius 1 is 0.963 bits per heavy atom. The molecule has 9 heteroatoms. The molecule has 0 atom stereocenters. The summed E-state index contributed by atoms with van der Waals surface area (Å²) in [4.78, 5) is 8.08. The second kappa shape index (κ2) is 6.81. The zero-order valence-corrected chi connectivity index (χ0v) is 14.8. The standard InChI is InChI=1S/C18H13ClF2N6/c1-27-16-5-3-11(6-10(16)8-23-27)25-18-22-9-15(21)17(26-18)24-12-2-4-14(20)13(19)7-12/h2-9H,1H3,(H2,22,24,25,26). The maximum Gasteiger partial charge on any atom is 0.229 e. The number of halogens is 3. The van der Waals surface area contributed by atoms with Crippen LogP contribution in [-0.2, 0) is 7.05 Å². The van der Waals surface area contributed by atoms with Crippen molar-refractivity contribution in [2.45, 2.75) is 0 Å². The van der Waals surface area contributed by atoms with Crippen LogP contribution in [0.1, 0.15) is 0 Å². The molecule has 4 rings (SSSR count). The van der Waals surface area contributed by atoms with Crippen molar-refractivity contribution in [3.63, 3.8) is 0 Å². The second-order valence-corrected chi connectivity index (χ2v) is 6.22. The first-order chi connectivity index (χ1) is 13.0. The van der Waals surface area contributed by atoms with E-state index in [0.29, 0.717) is 5.69 Å². The van der Waals surface area contributed by atoms with Crippen LogP contribution in [0.5, 0.6) is 0 Å². The summed E-state index contributed by atoms with van der Waals surface area (Å²) in [5.74, 6) is -1.06. The molecule has 0 aliphatic rings. The van der Waals surface area contributed by atoms with E-state index in [9.17, 15) is 8.78 Å². The van der Waals surface area contributed by atoms with E-state index in [0.717, 1.165) is 22.8 Å². The minimum atomic E-state index is -0.649. The molecular formula is C18H13ClF2N6. The topological polar surface area (TPSA) is 67.7 Å². The van der Waals surface area contributed by atoms with E-state index in [1.807, 2.05) is 25.2 Å². The van der Waals surface area contributed by atoms with E-state index < -0.39 is 11.6 Å². The second-order valence-electron chi connectivity index (χ2n) is 5.81. The Labute approximate surface area is 157 Å². The number of anilines is 4. The van der Waals surface area contributed by atoms with Gasteiger partial charge in [-0.2, -0.15) is 10.1 Å². The van der Waals surface area contributed by atoms with E-state index in [1.165, 1.54) is 18.2 Å². The Morgan fingerprint density at radius 2 is 1.74 bits per heavy atom. The van der Waals surface area contributed by atoms with Gasteiger partial charge in [0.1, 0.15) is 5.82 Å². The van der Waals surface area contributed by atoms with Crippen molar-refractivity contribution in [3.8, 4) is 0 Å². The Kier molecular flexibility index (Phi) is 4.33. The predicted molar refractivity (Wildman–Crippen MR) is 101 cm³/mol. The Hall–Kier alpha value is -3.26. The van der Waals surface area contributed by atoms with Gasteiger partial charge in [0.25, 0.3) is 0 Å². The molecule has 4 aromatic rings. The van der Waals surface area contributed by atoms with Gasteiger partial charge in [0, 0.05) is 23.8 Å².